The monoisotopic (exact) mass is 367 g/mol. The van der Waals surface area contributed by atoms with Crippen LogP contribution in [0.3, 0.4) is 0 Å². The standard InChI is InChI=1S/C14H11BrClN3O2/c1-17-13(20)8-3-2-4-10(5-8)19-14(21)11-6-9(15)7-18-12(11)16/h2-7H,1H3,(H,17,20)(H,19,21). The summed E-state index contributed by atoms with van der Waals surface area (Å²) in [5.74, 6) is -0.629. The van der Waals surface area contributed by atoms with E-state index < -0.39 is 5.91 Å². The number of nitrogens with one attached hydrogen (secondary N) is 2. The molecule has 2 rings (SSSR count). The maximum Gasteiger partial charge on any atom is 0.258 e. The van der Waals surface area contributed by atoms with Crippen LogP contribution >= 0.6 is 27.5 Å². The molecule has 2 aromatic rings. The summed E-state index contributed by atoms with van der Waals surface area (Å²) >= 11 is 9.14. The van der Waals surface area contributed by atoms with Crippen LogP contribution in [0.25, 0.3) is 0 Å². The Hall–Kier alpha value is -1.92. The number of rotatable bonds is 3. The lowest BCUT2D eigenvalue weighted by atomic mass is 10.2. The highest BCUT2D eigenvalue weighted by Gasteiger charge is 2.13. The van der Waals surface area contributed by atoms with Crippen molar-refractivity contribution in [1.82, 2.24) is 10.3 Å². The second kappa shape index (κ2) is 6.69. The van der Waals surface area contributed by atoms with E-state index in [4.69, 9.17) is 11.6 Å². The second-order valence-electron chi connectivity index (χ2n) is 4.11. The van der Waals surface area contributed by atoms with Crippen molar-refractivity contribution in [2.24, 2.45) is 0 Å². The smallest absolute Gasteiger partial charge is 0.258 e. The molecule has 0 radical (unpaired) electrons. The molecule has 0 unspecified atom stereocenters. The zero-order chi connectivity index (χ0) is 15.4. The Morgan fingerprint density at radius 2 is 2.00 bits per heavy atom. The summed E-state index contributed by atoms with van der Waals surface area (Å²) in [5.41, 5.74) is 1.20. The minimum atomic E-state index is -0.400. The Kier molecular flexibility index (Phi) is 4.93. The normalized spacial score (nSPS) is 10.0. The molecule has 2 amide bonds. The summed E-state index contributed by atoms with van der Waals surface area (Å²) in [6.45, 7) is 0. The number of halogens is 2. The van der Waals surface area contributed by atoms with Crippen LogP contribution in [0.5, 0.6) is 0 Å². The number of carbonyl (C=O) groups excluding carboxylic acids is 2. The molecule has 0 fully saturated rings. The lowest BCUT2D eigenvalue weighted by Gasteiger charge is -2.08. The van der Waals surface area contributed by atoms with Crippen molar-refractivity contribution in [1.29, 1.82) is 0 Å². The van der Waals surface area contributed by atoms with Gasteiger partial charge in [-0.15, -0.1) is 0 Å². The molecular weight excluding hydrogens is 358 g/mol. The SMILES string of the molecule is CNC(=O)c1cccc(NC(=O)c2cc(Br)cnc2Cl)c1. The molecule has 5 nitrogen and oxygen atoms in total. The van der Waals surface area contributed by atoms with Gasteiger partial charge >= 0.3 is 0 Å². The molecule has 7 heteroatoms. The van der Waals surface area contributed by atoms with E-state index in [1.165, 1.54) is 6.20 Å². The van der Waals surface area contributed by atoms with Crippen molar-refractivity contribution in [3.63, 3.8) is 0 Å². The predicted molar refractivity (Wildman–Crippen MR) is 84.7 cm³/mol. The average Bonchev–Trinajstić information content (AvgIpc) is 2.49. The van der Waals surface area contributed by atoms with Gasteiger partial charge in [0, 0.05) is 29.0 Å². The molecule has 0 bridgehead atoms. The fraction of sp³-hybridized carbons (Fsp3) is 0.0714. The Bertz CT molecular complexity index is 706. The molecule has 0 atom stereocenters. The van der Waals surface area contributed by atoms with E-state index in [9.17, 15) is 9.59 Å². The van der Waals surface area contributed by atoms with Crippen molar-refractivity contribution in [2.45, 2.75) is 0 Å². The van der Waals surface area contributed by atoms with Gasteiger partial charge in [-0.2, -0.15) is 0 Å². The maximum atomic E-state index is 12.2. The van der Waals surface area contributed by atoms with Gasteiger partial charge in [0.05, 0.1) is 5.56 Å². The van der Waals surface area contributed by atoms with Crippen molar-refractivity contribution in [3.8, 4) is 0 Å². The zero-order valence-corrected chi connectivity index (χ0v) is 13.3. The highest BCUT2D eigenvalue weighted by Crippen LogP contribution is 2.20. The van der Waals surface area contributed by atoms with E-state index in [0.717, 1.165) is 0 Å². The van der Waals surface area contributed by atoms with Crippen LogP contribution in [0.4, 0.5) is 5.69 Å². The lowest BCUT2D eigenvalue weighted by molar-refractivity contribution is 0.0961. The molecule has 0 aliphatic carbocycles. The number of benzene rings is 1. The van der Waals surface area contributed by atoms with Crippen molar-refractivity contribution in [2.75, 3.05) is 12.4 Å². The number of anilines is 1. The van der Waals surface area contributed by atoms with Gasteiger partial charge in [-0.3, -0.25) is 9.59 Å². The largest absolute Gasteiger partial charge is 0.355 e. The summed E-state index contributed by atoms with van der Waals surface area (Å²) in [5, 5.41) is 5.31. The first-order valence-electron chi connectivity index (χ1n) is 5.96. The van der Waals surface area contributed by atoms with Crippen LogP contribution in [0, 0.1) is 0 Å². The Morgan fingerprint density at radius 1 is 1.24 bits per heavy atom. The third-order valence-corrected chi connectivity index (χ3v) is 3.39. The molecule has 2 N–H and O–H groups in total. The molecule has 0 spiro atoms. The van der Waals surface area contributed by atoms with Gasteiger partial charge in [-0.05, 0) is 40.2 Å². The van der Waals surface area contributed by atoms with E-state index in [0.29, 0.717) is 15.7 Å². The fourth-order valence-corrected chi connectivity index (χ4v) is 2.18. The number of aromatic nitrogens is 1. The molecule has 0 aliphatic rings. The maximum absolute atomic E-state index is 12.2. The quantitative estimate of drug-likeness (QED) is 0.818. The molecule has 0 saturated carbocycles. The third-order valence-electron chi connectivity index (χ3n) is 2.66. The van der Waals surface area contributed by atoms with Crippen LogP contribution < -0.4 is 10.6 Å². The van der Waals surface area contributed by atoms with Crippen molar-refractivity contribution >= 4 is 45.0 Å². The summed E-state index contributed by atoms with van der Waals surface area (Å²) in [6, 6.07) is 8.18. The van der Waals surface area contributed by atoms with E-state index in [1.54, 1.807) is 37.4 Å². The van der Waals surface area contributed by atoms with Gasteiger partial charge in [0.15, 0.2) is 0 Å². The van der Waals surface area contributed by atoms with Gasteiger partial charge in [-0.25, -0.2) is 4.98 Å². The van der Waals surface area contributed by atoms with Crippen LogP contribution in [-0.2, 0) is 0 Å². The number of pyridine rings is 1. The number of nitrogens with zero attached hydrogens (tertiary/aromatic N) is 1. The molecule has 1 heterocycles. The summed E-state index contributed by atoms with van der Waals surface area (Å²) < 4.78 is 0.649. The summed E-state index contributed by atoms with van der Waals surface area (Å²) in [7, 11) is 1.54. The topological polar surface area (TPSA) is 71.1 Å². The van der Waals surface area contributed by atoms with Crippen LogP contribution in [0.2, 0.25) is 5.15 Å². The van der Waals surface area contributed by atoms with Gasteiger partial charge in [-0.1, -0.05) is 17.7 Å². The van der Waals surface area contributed by atoms with Crippen molar-refractivity contribution < 1.29 is 9.59 Å². The van der Waals surface area contributed by atoms with E-state index in [1.807, 2.05) is 0 Å². The first kappa shape index (κ1) is 15.5. The first-order valence-corrected chi connectivity index (χ1v) is 7.13. The average molecular weight is 369 g/mol. The minimum absolute atomic E-state index is 0.109. The zero-order valence-electron chi connectivity index (χ0n) is 11.0. The van der Waals surface area contributed by atoms with E-state index in [2.05, 4.69) is 31.5 Å². The Labute approximate surface area is 134 Å². The van der Waals surface area contributed by atoms with Crippen LogP contribution in [-0.4, -0.2) is 23.8 Å². The highest BCUT2D eigenvalue weighted by molar-refractivity contribution is 9.10. The lowest BCUT2D eigenvalue weighted by Crippen LogP contribution is -2.18. The van der Waals surface area contributed by atoms with Gasteiger partial charge in [0.2, 0.25) is 0 Å². The molecule has 1 aromatic heterocycles. The number of amides is 2. The van der Waals surface area contributed by atoms with Gasteiger partial charge < -0.3 is 10.6 Å². The fourth-order valence-electron chi connectivity index (χ4n) is 1.66. The van der Waals surface area contributed by atoms with Gasteiger partial charge in [0.25, 0.3) is 11.8 Å². The van der Waals surface area contributed by atoms with Crippen molar-refractivity contribution in [3.05, 3.63) is 57.3 Å². The molecule has 1 aromatic carbocycles. The van der Waals surface area contributed by atoms with Crippen LogP contribution in [0.1, 0.15) is 20.7 Å². The third kappa shape index (κ3) is 3.80. The summed E-state index contributed by atoms with van der Waals surface area (Å²) in [4.78, 5) is 27.6. The number of hydrogen-bond donors (Lipinski definition) is 2. The minimum Gasteiger partial charge on any atom is -0.355 e. The molecule has 0 saturated heterocycles. The number of hydrogen-bond acceptors (Lipinski definition) is 3. The molecule has 21 heavy (non-hydrogen) atoms. The Morgan fingerprint density at radius 3 is 2.71 bits per heavy atom. The Balaban J connectivity index is 2.23. The van der Waals surface area contributed by atoms with E-state index >= 15 is 0 Å². The molecule has 108 valence electrons. The van der Waals surface area contributed by atoms with Gasteiger partial charge in [0.1, 0.15) is 5.15 Å². The molecular formula is C14H11BrClN3O2. The van der Waals surface area contributed by atoms with Crippen LogP contribution in [0.15, 0.2) is 41.0 Å². The number of carbonyl (C=O) groups is 2. The highest BCUT2D eigenvalue weighted by atomic mass is 79.9. The predicted octanol–water partition coefficient (Wildman–Crippen LogP) is 3.11. The first-order chi connectivity index (χ1) is 10.0. The molecule has 0 aliphatic heterocycles. The summed E-state index contributed by atoms with van der Waals surface area (Å²) in [6.07, 6.45) is 1.51. The second-order valence-corrected chi connectivity index (χ2v) is 5.38. The van der Waals surface area contributed by atoms with E-state index in [-0.39, 0.29) is 16.6 Å².